The fraction of sp³-hybridized carbons (Fsp3) is 0.231. The normalized spacial score (nSPS) is 10.2. The number of benzene rings is 1. The number of aromatic amines is 1. The predicted octanol–water partition coefficient (Wildman–Crippen LogP) is 3.01. The summed E-state index contributed by atoms with van der Waals surface area (Å²) in [6, 6.07) is 5.83. The first-order chi connectivity index (χ1) is 7.76. The Bertz CT molecular complexity index is 488. The zero-order chi connectivity index (χ0) is 11.5. The van der Waals surface area contributed by atoms with Gasteiger partial charge in [0.25, 0.3) is 0 Å². The number of aromatic nitrogens is 1. The third-order valence-corrected chi connectivity index (χ3v) is 2.65. The van der Waals surface area contributed by atoms with Crippen LogP contribution in [-0.2, 0) is 0 Å². The largest absolute Gasteiger partial charge is 0.497 e. The van der Waals surface area contributed by atoms with Gasteiger partial charge in [0.15, 0.2) is 0 Å². The van der Waals surface area contributed by atoms with Crippen molar-refractivity contribution in [1.82, 2.24) is 4.98 Å². The molecule has 1 aromatic carbocycles. The lowest BCUT2D eigenvalue weighted by Gasteiger charge is -2.10. The maximum Gasteiger partial charge on any atom is 0.130 e. The van der Waals surface area contributed by atoms with Crippen molar-refractivity contribution in [2.24, 2.45) is 0 Å². The maximum absolute atomic E-state index is 5.37. The van der Waals surface area contributed by atoms with Crippen molar-refractivity contribution < 1.29 is 9.47 Å². The van der Waals surface area contributed by atoms with E-state index in [-0.39, 0.29) is 0 Å². The van der Waals surface area contributed by atoms with Crippen molar-refractivity contribution in [3.05, 3.63) is 36.2 Å². The molecule has 0 unspecified atom stereocenters. The number of nitrogens with one attached hydrogen (secondary N) is 1. The molecule has 0 bridgehead atoms. The molecule has 2 aromatic rings. The second-order valence-electron chi connectivity index (χ2n) is 3.62. The molecule has 0 aliphatic heterocycles. The number of hydrogen-bond acceptors (Lipinski definition) is 2. The highest BCUT2D eigenvalue weighted by Crippen LogP contribution is 2.34. The topological polar surface area (TPSA) is 34.2 Å². The molecule has 0 fully saturated rings. The van der Waals surface area contributed by atoms with Crippen LogP contribution in [0, 0.1) is 6.92 Å². The summed E-state index contributed by atoms with van der Waals surface area (Å²) in [6.07, 6.45) is 3.94. The third-order valence-electron chi connectivity index (χ3n) is 2.65. The second kappa shape index (κ2) is 4.31. The van der Waals surface area contributed by atoms with E-state index >= 15 is 0 Å². The minimum atomic E-state index is 0.800. The van der Waals surface area contributed by atoms with Gasteiger partial charge >= 0.3 is 0 Å². The standard InChI is InChI=1S/C13H15NO2/c1-9-7-14-8-12(9)11-5-4-10(15-2)6-13(11)16-3/h4-8,14H,1-3H3. The molecule has 0 radical (unpaired) electrons. The Balaban J connectivity index is 2.53. The van der Waals surface area contributed by atoms with Crippen LogP contribution in [0.2, 0.25) is 0 Å². The van der Waals surface area contributed by atoms with Crippen LogP contribution >= 0.6 is 0 Å². The molecule has 0 aliphatic carbocycles. The molecule has 1 aromatic heterocycles. The average Bonchev–Trinajstić information content (AvgIpc) is 2.74. The first-order valence-electron chi connectivity index (χ1n) is 5.12. The summed E-state index contributed by atoms with van der Waals surface area (Å²) in [5.41, 5.74) is 3.42. The Labute approximate surface area is 95.0 Å². The summed E-state index contributed by atoms with van der Waals surface area (Å²) in [5, 5.41) is 0. The molecule has 3 nitrogen and oxygen atoms in total. The van der Waals surface area contributed by atoms with Crippen molar-refractivity contribution in [3.63, 3.8) is 0 Å². The quantitative estimate of drug-likeness (QED) is 0.857. The number of rotatable bonds is 3. The van der Waals surface area contributed by atoms with Crippen LogP contribution in [0.15, 0.2) is 30.6 Å². The summed E-state index contributed by atoms with van der Waals surface area (Å²) in [6.45, 7) is 2.06. The van der Waals surface area contributed by atoms with Gasteiger partial charge in [0, 0.05) is 29.6 Å². The second-order valence-corrected chi connectivity index (χ2v) is 3.62. The lowest BCUT2D eigenvalue weighted by molar-refractivity contribution is 0.395. The van der Waals surface area contributed by atoms with Gasteiger partial charge in [-0.05, 0) is 24.6 Å². The molecule has 0 amide bonds. The lowest BCUT2D eigenvalue weighted by Crippen LogP contribution is -1.90. The molecule has 16 heavy (non-hydrogen) atoms. The smallest absolute Gasteiger partial charge is 0.130 e. The van der Waals surface area contributed by atoms with E-state index in [4.69, 9.17) is 9.47 Å². The Kier molecular flexibility index (Phi) is 2.86. The van der Waals surface area contributed by atoms with Crippen LogP contribution in [0.1, 0.15) is 5.56 Å². The van der Waals surface area contributed by atoms with Crippen molar-refractivity contribution in [2.45, 2.75) is 6.92 Å². The molecule has 3 heteroatoms. The molecule has 0 saturated heterocycles. The Hall–Kier alpha value is -1.90. The summed E-state index contributed by atoms with van der Waals surface area (Å²) >= 11 is 0. The SMILES string of the molecule is COc1ccc(-c2c[nH]cc2C)c(OC)c1. The molecule has 1 N–H and O–H groups in total. The molecular formula is C13H15NO2. The fourth-order valence-electron chi connectivity index (χ4n) is 1.75. The van der Waals surface area contributed by atoms with Gasteiger partial charge in [-0.2, -0.15) is 0 Å². The Morgan fingerprint density at radius 1 is 1.00 bits per heavy atom. The monoisotopic (exact) mass is 217 g/mol. The summed E-state index contributed by atoms with van der Waals surface area (Å²) in [4.78, 5) is 3.09. The van der Waals surface area contributed by atoms with Crippen molar-refractivity contribution in [1.29, 1.82) is 0 Å². The molecule has 0 spiro atoms. The molecule has 0 atom stereocenters. The van der Waals surface area contributed by atoms with E-state index in [0.717, 1.165) is 22.6 Å². The number of ether oxygens (including phenoxy) is 2. The van der Waals surface area contributed by atoms with Crippen LogP contribution < -0.4 is 9.47 Å². The maximum atomic E-state index is 5.37. The van der Waals surface area contributed by atoms with Crippen LogP contribution in [0.3, 0.4) is 0 Å². The van der Waals surface area contributed by atoms with E-state index < -0.39 is 0 Å². The number of hydrogen-bond donors (Lipinski definition) is 1. The number of aryl methyl sites for hydroxylation is 1. The van der Waals surface area contributed by atoms with Crippen molar-refractivity contribution >= 4 is 0 Å². The zero-order valence-corrected chi connectivity index (χ0v) is 9.70. The van der Waals surface area contributed by atoms with Gasteiger partial charge in [-0.3, -0.25) is 0 Å². The Morgan fingerprint density at radius 3 is 2.38 bits per heavy atom. The van der Waals surface area contributed by atoms with E-state index in [1.807, 2.05) is 30.6 Å². The van der Waals surface area contributed by atoms with Gasteiger partial charge in [0.1, 0.15) is 11.5 Å². The molecular weight excluding hydrogens is 202 g/mol. The minimum Gasteiger partial charge on any atom is -0.497 e. The number of H-pyrrole nitrogens is 1. The predicted molar refractivity (Wildman–Crippen MR) is 64.1 cm³/mol. The third kappa shape index (κ3) is 1.76. The summed E-state index contributed by atoms with van der Waals surface area (Å²) in [7, 11) is 3.32. The van der Waals surface area contributed by atoms with Crippen LogP contribution in [0.5, 0.6) is 11.5 Å². The zero-order valence-electron chi connectivity index (χ0n) is 9.70. The van der Waals surface area contributed by atoms with Crippen molar-refractivity contribution in [2.75, 3.05) is 14.2 Å². The lowest BCUT2D eigenvalue weighted by atomic mass is 10.0. The molecule has 1 heterocycles. The van der Waals surface area contributed by atoms with E-state index in [1.54, 1.807) is 14.2 Å². The molecule has 0 aliphatic rings. The van der Waals surface area contributed by atoms with Gasteiger partial charge in [-0.25, -0.2) is 0 Å². The highest BCUT2D eigenvalue weighted by molar-refractivity contribution is 5.73. The molecule has 2 rings (SSSR count). The van der Waals surface area contributed by atoms with Crippen LogP contribution in [-0.4, -0.2) is 19.2 Å². The highest BCUT2D eigenvalue weighted by atomic mass is 16.5. The Morgan fingerprint density at radius 2 is 1.81 bits per heavy atom. The van der Waals surface area contributed by atoms with Gasteiger partial charge < -0.3 is 14.5 Å². The first kappa shape index (κ1) is 10.6. The van der Waals surface area contributed by atoms with E-state index in [9.17, 15) is 0 Å². The van der Waals surface area contributed by atoms with Crippen molar-refractivity contribution in [3.8, 4) is 22.6 Å². The fourth-order valence-corrected chi connectivity index (χ4v) is 1.75. The summed E-state index contributed by atoms with van der Waals surface area (Å²) < 4.78 is 10.5. The van der Waals surface area contributed by atoms with Gasteiger partial charge in [-0.1, -0.05) is 0 Å². The molecule has 84 valence electrons. The van der Waals surface area contributed by atoms with Gasteiger partial charge in [0.2, 0.25) is 0 Å². The van der Waals surface area contributed by atoms with Crippen LogP contribution in [0.25, 0.3) is 11.1 Å². The average molecular weight is 217 g/mol. The highest BCUT2D eigenvalue weighted by Gasteiger charge is 2.09. The minimum absolute atomic E-state index is 0.800. The van der Waals surface area contributed by atoms with E-state index in [2.05, 4.69) is 11.9 Å². The first-order valence-corrected chi connectivity index (χ1v) is 5.12. The van der Waals surface area contributed by atoms with Gasteiger partial charge in [0.05, 0.1) is 14.2 Å². The van der Waals surface area contributed by atoms with E-state index in [1.165, 1.54) is 5.56 Å². The number of methoxy groups -OCH3 is 2. The summed E-state index contributed by atoms with van der Waals surface area (Å²) in [5.74, 6) is 1.62. The van der Waals surface area contributed by atoms with E-state index in [0.29, 0.717) is 0 Å². The van der Waals surface area contributed by atoms with Crippen LogP contribution in [0.4, 0.5) is 0 Å². The van der Waals surface area contributed by atoms with Gasteiger partial charge in [-0.15, -0.1) is 0 Å². The molecule has 0 saturated carbocycles.